The molecule has 1 rings (SSSR count). The van der Waals surface area contributed by atoms with Crippen molar-refractivity contribution in [1.29, 1.82) is 0 Å². The molecule has 1 heterocycles. The molecule has 0 bridgehead atoms. The SMILES string of the molecule is Cc1cc(C(N)=S)c(=O)[nH]n1. The summed E-state index contributed by atoms with van der Waals surface area (Å²) in [6.45, 7) is 1.75. The van der Waals surface area contributed by atoms with Crippen LogP contribution in [0.1, 0.15) is 11.3 Å². The van der Waals surface area contributed by atoms with Crippen molar-refractivity contribution in [1.82, 2.24) is 10.2 Å². The Morgan fingerprint density at radius 1 is 1.82 bits per heavy atom. The van der Waals surface area contributed by atoms with E-state index < -0.39 is 0 Å². The van der Waals surface area contributed by atoms with Gasteiger partial charge in [0.15, 0.2) is 0 Å². The number of aryl methyl sites for hydroxylation is 1. The number of rotatable bonds is 1. The maximum Gasteiger partial charge on any atom is 0.274 e. The molecule has 0 fully saturated rings. The minimum atomic E-state index is -0.344. The van der Waals surface area contributed by atoms with Crippen molar-refractivity contribution in [3.63, 3.8) is 0 Å². The lowest BCUT2D eigenvalue weighted by atomic mass is 10.3. The van der Waals surface area contributed by atoms with E-state index >= 15 is 0 Å². The largest absolute Gasteiger partial charge is 0.389 e. The Kier molecular flexibility index (Phi) is 2.00. The predicted octanol–water partition coefficient (Wildman–Crippen LogP) is -0.287. The van der Waals surface area contributed by atoms with E-state index in [9.17, 15) is 4.79 Å². The molecule has 0 radical (unpaired) electrons. The summed E-state index contributed by atoms with van der Waals surface area (Å²) >= 11 is 4.64. The predicted molar refractivity (Wildman–Crippen MR) is 45.5 cm³/mol. The first kappa shape index (κ1) is 7.87. The molecule has 0 aliphatic carbocycles. The lowest BCUT2D eigenvalue weighted by Crippen LogP contribution is -2.23. The van der Waals surface area contributed by atoms with E-state index in [2.05, 4.69) is 22.4 Å². The molecule has 4 nitrogen and oxygen atoms in total. The van der Waals surface area contributed by atoms with Crippen LogP contribution >= 0.6 is 12.2 Å². The fourth-order valence-corrected chi connectivity index (χ4v) is 0.841. The number of thiocarbonyl (C=S) groups is 1. The molecule has 1 aromatic rings. The molecule has 0 amide bonds. The van der Waals surface area contributed by atoms with Crippen LogP contribution in [0, 0.1) is 6.92 Å². The van der Waals surface area contributed by atoms with Gasteiger partial charge in [-0.3, -0.25) is 4.79 Å². The average Bonchev–Trinajstić information content (AvgIpc) is 1.94. The highest BCUT2D eigenvalue weighted by Crippen LogP contribution is 1.91. The van der Waals surface area contributed by atoms with Crippen LogP contribution in [0.3, 0.4) is 0 Å². The van der Waals surface area contributed by atoms with Crippen LogP contribution in [0.2, 0.25) is 0 Å². The lowest BCUT2D eigenvalue weighted by Gasteiger charge is -1.95. The van der Waals surface area contributed by atoms with Crippen LogP contribution in [0.4, 0.5) is 0 Å². The molecule has 0 aliphatic rings. The molecular weight excluding hydrogens is 162 g/mol. The van der Waals surface area contributed by atoms with Gasteiger partial charge in [-0.15, -0.1) is 0 Å². The van der Waals surface area contributed by atoms with Gasteiger partial charge in [0.25, 0.3) is 5.56 Å². The van der Waals surface area contributed by atoms with Crippen molar-refractivity contribution in [3.8, 4) is 0 Å². The summed E-state index contributed by atoms with van der Waals surface area (Å²) in [6.07, 6.45) is 0. The Hall–Kier alpha value is -1.23. The Morgan fingerprint density at radius 3 is 2.91 bits per heavy atom. The molecule has 11 heavy (non-hydrogen) atoms. The Morgan fingerprint density at radius 2 is 2.45 bits per heavy atom. The molecule has 5 heteroatoms. The number of hydrogen-bond acceptors (Lipinski definition) is 3. The topological polar surface area (TPSA) is 71.8 Å². The van der Waals surface area contributed by atoms with Crippen molar-refractivity contribution in [3.05, 3.63) is 27.7 Å². The monoisotopic (exact) mass is 169 g/mol. The second-order valence-corrected chi connectivity index (χ2v) is 2.56. The summed E-state index contributed by atoms with van der Waals surface area (Å²) in [4.78, 5) is 11.0. The first-order valence-corrected chi connectivity index (χ1v) is 3.38. The van der Waals surface area contributed by atoms with Crippen molar-refractivity contribution in [2.24, 2.45) is 5.73 Å². The van der Waals surface area contributed by atoms with Gasteiger partial charge < -0.3 is 5.73 Å². The van der Waals surface area contributed by atoms with Crippen molar-refractivity contribution < 1.29 is 0 Å². The normalized spacial score (nSPS) is 9.55. The first-order valence-electron chi connectivity index (χ1n) is 2.97. The summed E-state index contributed by atoms with van der Waals surface area (Å²) in [5.74, 6) is 0. The van der Waals surface area contributed by atoms with Crippen molar-refractivity contribution in [2.75, 3.05) is 0 Å². The highest BCUT2D eigenvalue weighted by molar-refractivity contribution is 7.80. The van der Waals surface area contributed by atoms with Crippen LogP contribution < -0.4 is 11.3 Å². The minimum absolute atomic E-state index is 0.0942. The summed E-state index contributed by atoms with van der Waals surface area (Å²) in [5.41, 5.74) is 5.92. The second-order valence-electron chi connectivity index (χ2n) is 2.12. The van der Waals surface area contributed by atoms with Crippen molar-refractivity contribution >= 4 is 17.2 Å². The van der Waals surface area contributed by atoms with Gasteiger partial charge in [-0.1, -0.05) is 12.2 Å². The highest BCUT2D eigenvalue weighted by Gasteiger charge is 2.01. The maximum absolute atomic E-state index is 10.9. The molecule has 0 aromatic carbocycles. The molecule has 0 saturated carbocycles. The fraction of sp³-hybridized carbons (Fsp3) is 0.167. The molecular formula is C6H7N3OS. The third kappa shape index (κ3) is 1.62. The molecule has 3 N–H and O–H groups in total. The van der Waals surface area contributed by atoms with Crippen LogP contribution in [0.5, 0.6) is 0 Å². The Bertz CT molecular complexity index is 344. The number of nitrogens with one attached hydrogen (secondary N) is 1. The zero-order valence-electron chi connectivity index (χ0n) is 5.92. The van der Waals surface area contributed by atoms with Gasteiger partial charge in [0, 0.05) is 0 Å². The van der Waals surface area contributed by atoms with E-state index in [1.807, 2.05) is 0 Å². The minimum Gasteiger partial charge on any atom is -0.389 e. The third-order valence-electron chi connectivity index (χ3n) is 1.20. The lowest BCUT2D eigenvalue weighted by molar-refractivity contribution is 0.942. The number of H-pyrrole nitrogens is 1. The zero-order chi connectivity index (χ0) is 8.43. The van der Waals surface area contributed by atoms with E-state index in [0.717, 1.165) is 0 Å². The molecule has 0 aliphatic heterocycles. The Labute approximate surface area is 68.4 Å². The molecule has 0 saturated heterocycles. The molecule has 0 spiro atoms. The van der Waals surface area contributed by atoms with E-state index in [1.54, 1.807) is 13.0 Å². The number of nitrogens with zero attached hydrogens (tertiary/aromatic N) is 1. The summed E-state index contributed by atoms with van der Waals surface area (Å²) in [7, 11) is 0. The smallest absolute Gasteiger partial charge is 0.274 e. The van der Waals surface area contributed by atoms with Gasteiger partial charge in [-0.25, -0.2) is 5.10 Å². The maximum atomic E-state index is 10.9. The average molecular weight is 169 g/mol. The van der Waals surface area contributed by atoms with E-state index in [-0.39, 0.29) is 10.5 Å². The number of nitrogens with two attached hydrogens (primary N) is 1. The van der Waals surface area contributed by atoms with Gasteiger partial charge in [-0.2, -0.15) is 5.10 Å². The highest BCUT2D eigenvalue weighted by atomic mass is 32.1. The van der Waals surface area contributed by atoms with Crippen LogP contribution in [0.25, 0.3) is 0 Å². The number of aromatic amines is 1. The Balaban J connectivity index is 3.35. The van der Waals surface area contributed by atoms with E-state index in [0.29, 0.717) is 11.3 Å². The van der Waals surface area contributed by atoms with Gasteiger partial charge in [-0.05, 0) is 13.0 Å². The third-order valence-corrected chi connectivity index (χ3v) is 1.42. The van der Waals surface area contributed by atoms with E-state index in [4.69, 9.17) is 5.73 Å². The molecule has 1 aromatic heterocycles. The van der Waals surface area contributed by atoms with Gasteiger partial charge in [0.1, 0.15) is 4.99 Å². The van der Waals surface area contributed by atoms with Gasteiger partial charge in [0.2, 0.25) is 0 Å². The van der Waals surface area contributed by atoms with Crippen molar-refractivity contribution in [2.45, 2.75) is 6.92 Å². The molecule has 58 valence electrons. The van der Waals surface area contributed by atoms with E-state index in [1.165, 1.54) is 0 Å². The summed E-state index contributed by atoms with van der Waals surface area (Å²) < 4.78 is 0. The summed E-state index contributed by atoms with van der Waals surface area (Å²) in [6, 6.07) is 1.56. The number of aromatic nitrogens is 2. The molecule has 0 unspecified atom stereocenters. The van der Waals surface area contributed by atoms with Crippen LogP contribution in [-0.2, 0) is 0 Å². The van der Waals surface area contributed by atoms with Gasteiger partial charge in [0.05, 0.1) is 11.3 Å². The van der Waals surface area contributed by atoms with Crippen LogP contribution in [-0.4, -0.2) is 15.2 Å². The van der Waals surface area contributed by atoms with Gasteiger partial charge >= 0.3 is 0 Å². The number of hydrogen-bond donors (Lipinski definition) is 2. The summed E-state index contributed by atoms with van der Waals surface area (Å²) in [5, 5.41) is 5.95. The molecule has 0 atom stereocenters. The second kappa shape index (κ2) is 2.79. The fourth-order valence-electron chi connectivity index (χ4n) is 0.689. The quantitative estimate of drug-likeness (QED) is 0.567. The zero-order valence-corrected chi connectivity index (χ0v) is 6.73. The standard InChI is InChI=1S/C6H7N3OS/c1-3-2-4(5(7)11)6(10)9-8-3/h2H,1H3,(H2,7,11)(H,9,10). The first-order chi connectivity index (χ1) is 5.11. The van der Waals surface area contributed by atoms with Crippen LogP contribution in [0.15, 0.2) is 10.9 Å².